The quantitative estimate of drug-likeness (QED) is 0.906. The van der Waals surface area contributed by atoms with Crippen molar-refractivity contribution in [1.29, 1.82) is 0 Å². The van der Waals surface area contributed by atoms with Crippen molar-refractivity contribution < 1.29 is 9.90 Å². The maximum atomic E-state index is 11.3. The first-order chi connectivity index (χ1) is 9.69. The Morgan fingerprint density at radius 1 is 1.35 bits per heavy atom. The summed E-state index contributed by atoms with van der Waals surface area (Å²) in [5.74, 6) is 0.620. The second-order valence-corrected chi connectivity index (χ2v) is 5.82. The Labute approximate surface area is 118 Å². The molecule has 0 radical (unpaired) electrons. The minimum Gasteiger partial charge on any atom is -0.481 e. The number of nitrogens with zero attached hydrogens (tertiary/aromatic N) is 4. The summed E-state index contributed by atoms with van der Waals surface area (Å²) in [6.07, 6.45) is 3.83. The maximum absolute atomic E-state index is 11.3. The topological polar surface area (TPSA) is 71.2 Å². The summed E-state index contributed by atoms with van der Waals surface area (Å²) in [5, 5.41) is 13.9. The summed E-state index contributed by atoms with van der Waals surface area (Å²) < 4.78 is 1.82. The lowest BCUT2D eigenvalue weighted by molar-refractivity contribution is -0.139. The Balaban J connectivity index is 1.83. The second-order valence-electron chi connectivity index (χ2n) is 5.82. The lowest BCUT2D eigenvalue weighted by atomic mass is 9.97. The van der Waals surface area contributed by atoms with Gasteiger partial charge in [0.05, 0.1) is 0 Å². The van der Waals surface area contributed by atoms with Crippen LogP contribution in [0.5, 0.6) is 0 Å². The molecular formula is C14H22N4O2. The molecule has 20 heavy (non-hydrogen) atoms. The molecule has 6 heteroatoms. The number of rotatable bonds is 3. The normalized spacial score (nSPS) is 27.2. The molecule has 1 saturated heterocycles. The van der Waals surface area contributed by atoms with E-state index in [1.807, 2.05) is 4.68 Å². The van der Waals surface area contributed by atoms with E-state index in [9.17, 15) is 9.90 Å². The third kappa shape index (κ3) is 2.44. The predicted molar refractivity (Wildman–Crippen MR) is 73.7 cm³/mol. The van der Waals surface area contributed by atoms with E-state index in [0.717, 1.165) is 44.8 Å². The van der Waals surface area contributed by atoms with Crippen molar-refractivity contribution >= 4 is 5.97 Å². The SMILES string of the molecule is CCN1CCCC(c2nc3n(n2)CCCC3C(=O)O)C1. The fraction of sp³-hybridized carbons (Fsp3) is 0.786. The van der Waals surface area contributed by atoms with E-state index in [2.05, 4.69) is 21.9 Å². The van der Waals surface area contributed by atoms with Crippen molar-refractivity contribution in [2.75, 3.05) is 19.6 Å². The van der Waals surface area contributed by atoms with Crippen LogP contribution in [-0.4, -0.2) is 50.4 Å². The summed E-state index contributed by atoms with van der Waals surface area (Å²) in [4.78, 5) is 18.3. The largest absolute Gasteiger partial charge is 0.481 e. The number of aliphatic carboxylic acids is 1. The van der Waals surface area contributed by atoms with Gasteiger partial charge in [-0.25, -0.2) is 9.67 Å². The molecule has 3 rings (SSSR count). The van der Waals surface area contributed by atoms with Gasteiger partial charge in [0.15, 0.2) is 5.82 Å². The van der Waals surface area contributed by atoms with Crippen LogP contribution in [0.2, 0.25) is 0 Å². The van der Waals surface area contributed by atoms with Crippen LogP contribution in [0.15, 0.2) is 0 Å². The van der Waals surface area contributed by atoms with Gasteiger partial charge >= 0.3 is 5.97 Å². The number of likely N-dealkylation sites (tertiary alicyclic amines) is 1. The van der Waals surface area contributed by atoms with Gasteiger partial charge in [0.2, 0.25) is 0 Å². The average Bonchev–Trinajstić information content (AvgIpc) is 2.91. The number of carbonyl (C=O) groups is 1. The first kappa shape index (κ1) is 13.5. The van der Waals surface area contributed by atoms with E-state index in [-0.39, 0.29) is 0 Å². The van der Waals surface area contributed by atoms with Gasteiger partial charge in [-0.3, -0.25) is 4.79 Å². The number of likely N-dealkylation sites (N-methyl/N-ethyl adjacent to an activating group) is 1. The number of hydrogen-bond acceptors (Lipinski definition) is 4. The van der Waals surface area contributed by atoms with Gasteiger partial charge in [-0.05, 0) is 38.8 Å². The molecule has 0 aromatic carbocycles. The number of aryl methyl sites for hydroxylation is 1. The van der Waals surface area contributed by atoms with Crippen LogP contribution in [-0.2, 0) is 11.3 Å². The van der Waals surface area contributed by atoms with E-state index in [4.69, 9.17) is 0 Å². The summed E-state index contributed by atoms with van der Waals surface area (Å²) >= 11 is 0. The molecule has 0 saturated carbocycles. The summed E-state index contributed by atoms with van der Waals surface area (Å²) in [6, 6.07) is 0. The molecule has 2 aliphatic heterocycles. The Morgan fingerprint density at radius 2 is 2.15 bits per heavy atom. The van der Waals surface area contributed by atoms with Crippen molar-refractivity contribution in [1.82, 2.24) is 19.7 Å². The third-order valence-electron chi connectivity index (χ3n) is 4.51. The fourth-order valence-electron chi connectivity index (χ4n) is 3.33. The molecule has 2 atom stereocenters. The van der Waals surface area contributed by atoms with Crippen LogP contribution in [0, 0.1) is 0 Å². The monoisotopic (exact) mass is 278 g/mol. The molecule has 1 aromatic rings. The zero-order chi connectivity index (χ0) is 14.1. The Morgan fingerprint density at radius 3 is 2.90 bits per heavy atom. The average molecular weight is 278 g/mol. The highest BCUT2D eigenvalue weighted by atomic mass is 16.4. The molecule has 3 heterocycles. The first-order valence-electron chi connectivity index (χ1n) is 7.58. The standard InChI is InChI=1S/C14H22N4O2/c1-2-17-7-3-5-10(9-17)12-15-13-11(14(19)20)6-4-8-18(13)16-12/h10-11H,2-9H2,1H3,(H,19,20). The minimum absolute atomic E-state index is 0.358. The van der Waals surface area contributed by atoms with Crippen LogP contribution in [0.4, 0.5) is 0 Å². The molecule has 0 spiro atoms. The molecule has 1 fully saturated rings. The lowest BCUT2D eigenvalue weighted by Gasteiger charge is -2.30. The van der Waals surface area contributed by atoms with Crippen molar-refractivity contribution in [3.8, 4) is 0 Å². The maximum Gasteiger partial charge on any atom is 0.314 e. The number of carboxylic acids is 1. The number of piperidine rings is 1. The Kier molecular flexibility index (Phi) is 3.74. The van der Waals surface area contributed by atoms with Gasteiger partial charge in [-0.15, -0.1) is 0 Å². The van der Waals surface area contributed by atoms with Crippen LogP contribution in [0.25, 0.3) is 0 Å². The number of fused-ring (bicyclic) bond motifs is 1. The summed E-state index contributed by atoms with van der Waals surface area (Å²) in [7, 11) is 0. The van der Waals surface area contributed by atoms with Crippen LogP contribution in [0.3, 0.4) is 0 Å². The van der Waals surface area contributed by atoms with E-state index < -0.39 is 11.9 Å². The van der Waals surface area contributed by atoms with Crippen LogP contribution >= 0.6 is 0 Å². The van der Waals surface area contributed by atoms with Gasteiger partial charge in [0, 0.05) is 19.0 Å². The highest BCUT2D eigenvalue weighted by Crippen LogP contribution is 2.30. The van der Waals surface area contributed by atoms with E-state index in [1.54, 1.807) is 0 Å². The Hall–Kier alpha value is -1.43. The van der Waals surface area contributed by atoms with E-state index in [0.29, 0.717) is 18.2 Å². The van der Waals surface area contributed by atoms with Gasteiger partial charge in [-0.1, -0.05) is 6.92 Å². The van der Waals surface area contributed by atoms with Crippen LogP contribution < -0.4 is 0 Å². The van der Waals surface area contributed by atoms with Gasteiger partial charge in [-0.2, -0.15) is 5.10 Å². The lowest BCUT2D eigenvalue weighted by Crippen LogP contribution is -2.34. The van der Waals surface area contributed by atoms with E-state index >= 15 is 0 Å². The van der Waals surface area contributed by atoms with Gasteiger partial charge in [0.25, 0.3) is 0 Å². The molecule has 1 N–H and O–H groups in total. The van der Waals surface area contributed by atoms with Crippen molar-refractivity contribution in [2.45, 2.75) is 51.0 Å². The fourth-order valence-corrected chi connectivity index (χ4v) is 3.33. The molecule has 0 aliphatic carbocycles. The number of hydrogen-bond donors (Lipinski definition) is 1. The molecule has 6 nitrogen and oxygen atoms in total. The molecule has 2 aliphatic rings. The minimum atomic E-state index is -0.774. The predicted octanol–water partition coefficient (Wildman–Crippen LogP) is 1.44. The summed E-state index contributed by atoms with van der Waals surface area (Å²) in [5.41, 5.74) is 0. The zero-order valence-corrected chi connectivity index (χ0v) is 12.0. The Bertz CT molecular complexity index is 499. The number of carboxylic acid groups (broad SMARTS) is 1. The van der Waals surface area contributed by atoms with Crippen molar-refractivity contribution in [3.63, 3.8) is 0 Å². The van der Waals surface area contributed by atoms with Crippen molar-refractivity contribution in [3.05, 3.63) is 11.6 Å². The second kappa shape index (κ2) is 5.52. The van der Waals surface area contributed by atoms with Crippen molar-refractivity contribution in [2.24, 2.45) is 0 Å². The molecule has 1 aromatic heterocycles. The first-order valence-corrected chi connectivity index (χ1v) is 7.58. The number of aromatic nitrogens is 3. The summed E-state index contributed by atoms with van der Waals surface area (Å²) in [6.45, 7) is 6.18. The van der Waals surface area contributed by atoms with Gasteiger partial charge < -0.3 is 10.0 Å². The van der Waals surface area contributed by atoms with Gasteiger partial charge in [0.1, 0.15) is 11.7 Å². The molecule has 0 amide bonds. The molecular weight excluding hydrogens is 256 g/mol. The molecule has 2 unspecified atom stereocenters. The van der Waals surface area contributed by atoms with E-state index in [1.165, 1.54) is 6.42 Å². The molecule has 0 bridgehead atoms. The van der Waals surface area contributed by atoms with Crippen LogP contribution in [0.1, 0.15) is 56.1 Å². The zero-order valence-electron chi connectivity index (χ0n) is 12.0. The highest BCUT2D eigenvalue weighted by Gasteiger charge is 2.32. The molecule has 110 valence electrons. The smallest absolute Gasteiger partial charge is 0.314 e. The highest BCUT2D eigenvalue weighted by molar-refractivity contribution is 5.75. The third-order valence-corrected chi connectivity index (χ3v) is 4.51.